The van der Waals surface area contributed by atoms with E-state index in [2.05, 4.69) is 6.58 Å². The molecule has 0 saturated heterocycles. The normalized spacial score (nSPS) is 12.1. The molecule has 0 aromatic heterocycles. The Morgan fingerprint density at radius 2 is 1.92 bits per heavy atom. The van der Waals surface area contributed by atoms with E-state index in [1.807, 2.05) is 0 Å². The smallest absolute Gasteiger partial charge is 0.330 e. The first-order valence-electron chi connectivity index (χ1n) is 3.59. The zero-order chi connectivity index (χ0) is 9.72. The van der Waals surface area contributed by atoms with Crippen molar-refractivity contribution in [3.05, 3.63) is 12.2 Å². The first-order chi connectivity index (χ1) is 5.45. The van der Waals surface area contributed by atoms with Crippen LogP contribution in [-0.2, 0) is 9.59 Å². The van der Waals surface area contributed by atoms with E-state index in [9.17, 15) is 9.59 Å². The molecule has 4 heteroatoms. The molecule has 2 N–H and O–H groups in total. The number of hydrogen-bond donors (Lipinski definition) is 2. The molecule has 0 spiro atoms. The summed E-state index contributed by atoms with van der Waals surface area (Å²) in [6.07, 6.45) is 0.545. The summed E-state index contributed by atoms with van der Waals surface area (Å²) >= 11 is 0. The summed E-state index contributed by atoms with van der Waals surface area (Å²) in [7, 11) is 0. The van der Waals surface area contributed by atoms with Gasteiger partial charge in [-0.2, -0.15) is 0 Å². The second-order valence-corrected chi connectivity index (χ2v) is 2.69. The highest BCUT2D eigenvalue weighted by Gasteiger charge is 2.12. The van der Waals surface area contributed by atoms with Crippen LogP contribution in [0.1, 0.15) is 19.8 Å². The highest BCUT2D eigenvalue weighted by molar-refractivity contribution is 5.85. The van der Waals surface area contributed by atoms with Crippen molar-refractivity contribution < 1.29 is 19.8 Å². The van der Waals surface area contributed by atoms with Crippen molar-refractivity contribution in [1.29, 1.82) is 0 Å². The van der Waals surface area contributed by atoms with Crippen molar-refractivity contribution >= 4 is 11.9 Å². The fraction of sp³-hybridized carbons (Fsp3) is 0.500. The van der Waals surface area contributed by atoms with Gasteiger partial charge >= 0.3 is 11.9 Å². The third-order valence-corrected chi connectivity index (χ3v) is 1.60. The van der Waals surface area contributed by atoms with Gasteiger partial charge in [-0.3, -0.25) is 4.79 Å². The minimum Gasteiger partial charge on any atom is -0.481 e. The van der Waals surface area contributed by atoms with Gasteiger partial charge in [-0.15, -0.1) is 0 Å². The average molecular weight is 172 g/mol. The molecule has 0 aliphatic heterocycles. The summed E-state index contributed by atoms with van der Waals surface area (Å²) < 4.78 is 0. The first kappa shape index (κ1) is 10.7. The molecule has 0 fully saturated rings. The molecule has 1 atom stereocenters. The molecule has 0 amide bonds. The van der Waals surface area contributed by atoms with Crippen molar-refractivity contribution in [2.75, 3.05) is 0 Å². The zero-order valence-corrected chi connectivity index (χ0v) is 6.91. The lowest BCUT2D eigenvalue weighted by molar-refractivity contribution is -0.141. The predicted octanol–water partition coefficient (Wildman–Crippen LogP) is 1.13. The summed E-state index contributed by atoms with van der Waals surface area (Å²) in [5.74, 6) is -2.48. The Kier molecular flexibility index (Phi) is 4.04. The van der Waals surface area contributed by atoms with E-state index >= 15 is 0 Å². The van der Waals surface area contributed by atoms with Crippen LogP contribution in [0.2, 0.25) is 0 Å². The maximum atomic E-state index is 10.3. The molecular weight excluding hydrogens is 160 g/mol. The topological polar surface area (TPSA) is 74.6 Å². The van der Waals surface area contributed by atoms with E-state index in [-0.39, 0.29) is 12.0 Å². The van der Waals surface area contributed by atoms with Gasteiger partial charge in [-0.05, 0) is 12.8 Å². The van der Waals surface area contributed by atoms with Gasteiger partial charge in [0.25, 0.3) is 0 Å². The third kappa shape index (κ3) is 3.75. The molecule has 0 aromatic carbocycles. The zero-order valence-electron chi connectivity index (χ0n) is 6.91. The molecule has 0 saturated carbocycles. The number of carbonyl (C=O) groups is 2. The largest absolute Gasteiger partial charge is 0.481 e. The lowest BCUT2D eigenvalue weighted by Gasteiger charge is -2.04. The van der Waals surface area contributed by atoms with Crippen LogP contribution < -0.4 is 0 Å². The molecular formula is C8H12O4. The van der Waals surface area contributed by atoms with Crippen molar-refractivity contribution in [2.45, 2.75) is 19.8 Å². The van der Waals surface area contributed by atoms with Crippen molar-refractivity contribution in [1.82, 2.24) is 0 Å². The maximum absolute atomic E-state index is 10.3. The Morgan fingerprint density at radius 3 is 2.25 bits per heavy atom. The lowest BCUT2D eigenvalue weighted by Crippen LogP contribution is -2.10. The fourth-order valence-corrected chi connectivity index (χ4v) is 0.621. The van der Waals surface area contributed by atoms with Gasteiger partial charge in [0.2, 0.25) is 0 Å². The quantitative estimate of drug-likeness (QED) is 0.609. The second-order valence-electron chi connectivity index (χ2n) is 2.69. The number of hydrogen-bond acceptors (Lipinski definition) is 2. The van der Waals surface area contributed by atoms with E-state index in [1.165, 1.54) is 6.92 Å². The molecule has 12 heavy (non-hydrogen) atoms. The summed E-state index contributed by atoms with van der Waals surface area (Å²) in [4.78, 5) is 20.5. The SMILES string of the molecule is C=C(CC[C@@H](C)C(=O)O)C(=O)O. The predicted molar refractivity (Wildman–Crippen MR) is 42.8 cm³/mol. The van der Waals surface area contributed by atoms with E-state index in [0.29, 0.717) is 6.42 Å². The highest BCUT2D eigenvalue weighted by atomic mass is 16.4. The number of rotatable bonds is 5. The van der Waals surface area contributed by atoms with Crippen molar-refractivity contribution in [3.63, 3.8) is 0 Å². The van der Waals surface area contributed by atoms with Crippen LogP contribution in [-0.4, -0.2) is 22.2 Å². The molecule has 0 heterocycles. The van der Waals surface area contributed by atoms with E-state index in [4.69, 9.17) is 10.2 Å². The average Bonchev–Trinajstić information content (AvgIpc) is 1.98. The fourth-order valence-electron chi connectivity index (χ4n) is 0.621. The summed E-state index contributed by atoms with van der Waals surface area (Å²) in [5.41, 5.74) is 0.0584. The second kappa shape index (κ2) is 4.54. The Morgan fingerprint density at radius 1 is 1.42 bits per heavy atom. The van der Waals surface area contributed by atoms with Crippen molar-refractivity contribution in [2.24, 2.45) is 5.92 Å². The Balaban J connectivity index is 3.76. The number of carboxylic acid groups (broad SMARTS) is 2. The van der Waals surface area contributed by atoms with Gasteiger partial charge in [-0.1, -0.05) is 13.5 Å². The van der Waals surface area contributed by atoms with E-state index in [1.54, 1.807) is 0 Å². The molecule has 4 nitrogen and oxygen atoms in total. The van der Waals surface area contributed by atoms with Gasteiger partial charge in [0.15, 0.2) is 0 Å². The molecule has 68 valence electrons. The maximum Gasteiger partial charge on any atom is 0.330 e. The molecule has 0 bridgehead atoms. The van der Waals surface area contributed by atoms with Crippen LogP contribution in [0.3, 0.4) is 0 Å². The molecule has 0 aliphatic carbocycles. The third-order valence-electron chi connectivity index (χ3n) is 1.60. The van der Waals surface area contributed by atoms with Gasteiger partial charge in [0.05, 0.1) is 5.92 Å². The van der Waals surface area contributed by atoms with Crippen LogP contribution in [0.4, 0.5) is 0 Å². The van der Waals surface area contributed by atoms with Gasteiger partial charge in [0.1, 0.15) is 0 Å². The minimum absolute atomic E-state index is 0.0584. The summed E-state index contributed by atoms with van der Waals surface area (Å²) in [5, 5.41) is 16.8. The standard InChI is InChI=1S/C8H12O4/c1-5(7(9)10)3-4-6(2)8(11)12/h6H,1,3-4H2,2H3,(H,9,10)(H,11,12)/t6-/m1/s1. The molecule has 0 radical (unpaired) electrons. The Hall–Kier alpha value is -1.32. The van der Waals surface area contributed by atoms with Crippen LogP contribution in [0.15, 0.2) is 12.2 Å². The monoisotopic (exact) mass is 172 g/mol. The van der Waals surface area contributed by atoms with Crippen LogP contribution >= 0.6 is 0 Å². The van der Waals surface area contributed by atoms with E-state index in [0.717, 1.165) is 0 Å². The Bertz CT molecular complexity index is 207. The Labute approximate surface area is 70.5 Å². The molecule has 0 rings (SSSR count). The molecule has 0 aliphatic rings. The van der Waals surface area contributed by atoms with Gasteiger partial charge < -0.3 is 10.2 Å². The first-order valence-corrected chi connectivity index (χ1v) is 3.59. The summed E-state index contributed by atoms with van der Waals surface area (Å²) in [6.45, 7) is 4.83. The minimum atomic E-state index is -1.06. The van der Waals surface area contributed by atoms with Crippen LogP contribution in [0.5, 0.6) is 0 Å². The molecule has 0 aromatic rings. The summed E-state index contributed by atoms with van der Waals surface area (Å²) in [6, 6.07) is 0. The van der Waals surface area contributed by atoms with Crippen LogP contribution in [0, 0.1) is 5.92 Å². The van der Waals surface area contributed by atoms with Gasteiger partial charge in [-0.25, -0.2) is 4.79 Å². The highest BCUT2D eigenvalue weighted by Crippen LogP contribution is 2.10. The lowest BCUT2D eigenvalue weighted by atomic mass is 10.0. The molecule has 0 unspecified atom stereocenters. The number of carboxylic acids is 2. The van der Waals surface area contributed by atoms with Crippen LogP contribution in [0.25, 0.3) is 0 Å². The van der Waals surface area contributed by atoms with Crippen molar-refractivity contribution in [3.8, 4) is 0 Å². The van der Waals surface area contributed by atoms with E-state index < -0.39 is 17.9 Å². The van der Waals surface area contributed by atoms with Gasteiger partial charge in [0, 0.05) is 5.57 Å². The number of aliphatic carboxylic acids is 2.